The molecule has 0 fully saturated rings. The molecule has 7 heteroatoms. The second-order valence-electron chi connectivity index (χ2n) is 2.49. The lowest BCUT2D eigenvalue weighted by molar-refractivity contribution is 0.0602. The third-order valence-electron chi connectivity index (χ3n) is 1.72. The number of methoxy groups -OCH3 is 1. The van der Waals surface area contributed by atoms with Gasteiger partial charge >= 0.3 is 11.7 Å². The lowest BCUT2D eigenvalue weighted by atomic mass is 10.3. The Balaban J connectivity index is 2.76. The lowest BCUT2D eigenvalue weighted by Gasteiger charge is -1.94. The van der Waals surface area contributed by atoms with Crippen molar-refractivity contribution in [3.63, 3.8) is 0 Å². The number of nitrogens with zero attached hydrogens (tertiary/aromatic N) is 3. The topological polar surface area (TPSA) is 89.3 Å². The molecule has 2 rings (SSSR count). The van der Waals surface area contributed by atoms with Crippen LogP contribution in [0.4, 0.5) is 0 Å². The van der Waals surface area contributed by atoms with Crippen LogP contribution in [0.3, 0.4) is 0 Å². The Labute approximate surface area is 77.3 Å². The van der Waals surface area contributed by atoms with Crippen molar-refractivity contribution in [2.75, 3.05) is 7.11 Å². The van der Waals surface area contributed by atoms with Crippen LogP contribution in [0.1, 0.15) is 10.4 Å². The molecule has 2 aromatic rings. The number of aromatic nitrogens is 4. The number of H-pyrrole nitrogens is 1. The van der Waals surface area contributed by atoms with Crippen LogP contribution in [-0.4, -0.2) is 32.7 Å². The average Bonchev–Trinajstić information content (AvgIpc) is 2.62. The Morgan fingerprint density at radius 1 is 1.64 bits per heavy atom. The number of hydrogen-bond acceptors (Lipinski definition) is 5. The predicted octanol–water partition coefficient (Wildman–Crippen LogP) is -0.796. The van der Waals surface area contributed by atoms with Crippen molar-refractivity contribution >= 4 is 11.6 Å². The number of aromatic amines is 1. The Morgan fingerprint density at radius 2 is 2.43 bits per heavy atom. The first-order valence-electron chi connectivity index (χ1n) is 3.74. The highest BCUT2D eigenvalue weighted by Crippen LogP contribution is 2.05. The van der Waals surface area contributed by atoms with E-state index in [0.29, 0.717) is 0 Å². The monoisotopic (exact) mass is 194 g/mol. The maximum Gasteiger partial charge on any atom is 0.349 e. The molecule has 0 aliphatic rings. The third-order valence-corrected chi connectivity index (χ3v) is 1.72. The summed E-state index contributed by atoms with van der Waals surface area (Å²) < 4.78 is 5.49. The van der Waals surface area contributed by atoms with Crippen LogP contribution in [0.2, 0.25) is 0 Å². The standard InChI is InChI=1S/C7H6N4O3/c1-14-6(12)4-2-10-11-5(4)8-3-9-7(11)13/h2-3H,1H3,(H,8,9,13). The largest absolute Gasteiger partial charge is 0.465 e. The van der Waals surface area contributed by atoms with Gasteiger partial charge in [0.15, 0.2) is 5.65 Å². The van der Waals surface area contributed by atoms with Crippen LogP contribution in [0.25, 0.3) is 5.65 Å². The molecule has 2 heterocycles. The summed E-state index contributed by atoms with van der Waals surface area (Å²) in [6.45, 7) is 0. The van der Waals surface area contributed by atoms with E-state index in [1.807, 2.05) is 0 Å². The summed E-state index contributed by atoms with van der Waals surface area (Å²) in [5.41, 5.74) is -0.107. The second-order valence-corrected chi connectivity index (χ2v) is 2.49. The second kappa shape index (κ2) is 2.95. The van der Waals surface area contributed by atoms with Crippen LogP contribution in [-0.2, 0) is 4.74 Å². The summed E-state index contributed by atoms with van der Waals surface area (Å²) >= 11 is 0. The molecule has 0 aliphatic carbocycles. The molecule has 2 aromatic heterocycles. The number of rotatable bonds is 1. The maximum absolute atomic E-state index is 11.2. The minimum absolute atomic E-state index is 0.165. The molecule has 7 nitrogen and oxygen atoms in total. The number of hydrogen-bond donors (Lipinski definition) is 1. The van der Waals surface area contributed by atoms with Gasteiger partial charge in [-0.25, -0.2) is 14.6 Å². The van der Waals surface area contributed by atoms with Crippen LogP contribution < -0.4 is 5.69 Å². The van der Waals surface area contributed by atoms with E-state index in [0.717, 1.165) is 4.52 Å². The van der Waals surface area contributed by atoms with Gasteiger partial charge in [-0.15, -0.1) is 0 Å². The summed E-state index contributed by atoms with van der Waals surface area (Å²) in [5.74, 6) is -0.571. The Morgan fingerprint density at radius 3 is 3.14 bits per heavy atom. The molecular weight excluding hydrogens is 188 g/mol. The fraction of sp³-hybridized carbons (Fsp3) is 0.143. The highest BCUT2D eigenvalue weighted by molar-refractivity contribution is 5.95. The molecule has 0 unspecified atom stereocenters. The SMILES string of the molecule is COC(=O)c1cnn2c(=O)[nH]cnc12. The van der Waals surface area contributed by atoms with Gasteiger partial charge in [-0.05, 0) is 0 Å². The minimum Gasteiger partial charge on any atom is -0.465 e. The molecule has 14 heavy (non-hydrogen) atoms. The van der Waals surface area contributed by atoms with Gasteiger partial charge in [0.25, 0.3) is 0 Å². The minimum atomic E-state index is -0.571. The Bertz CT molecular complexity index is 541. The summed E-state index contributed by atoms with van der Waals surface area (Å²) in [6, 6.07) is 0. The normalized spacial score (nSPS) is 10.4. The molecule has 0 saturated carbocycles. The number of esters is 1. The summed E-state index contributed by atoms with van der Waals surface area (Å²) in [6.07, 6.45) is 2.44. The summed E-state index contributed by atoms with van der Waals surface area (Å²) in [5, 5.41) is 3.70. The van der Waals surface area contributed by atoms with Gasteiger partial charge < -0.3 is 4.74 Å². The molecule has 0 bridgehead atoms. The smallest absolute Gasteiger partial charge is 0.349 e. The van der Waals surface area contributed by atoms with Crippen LogP contribution >= 0.6 is 0 Å². The first-order valence-corrected chi connectivity index (χ1v) is 3.74. The van der Waals surface area contributed by atoms with Crippen molar-refractivity contribution in [1.82, 2.24) is 19.6 Å². The molecular formula is C7H6N4O3. The van der Waals surface area contributed by atoms with Gasteiger partial charge in [0.2, 0.25) is 0 Å². The first kappa shape index (κ1) is 8.42. The van der Waals surface area contributed by atoms with E-state index in [4.69, 9.17) is 0 Å². The number of ether oxygens (including phenoxy) is 1. The van der Waals surface area contributed by atoms with Crippen molar-refractivity contribution in [2.24, 2.45) is 0 Å². The molecule has 0 radical (unpaired) electrons. The Kier molecular flexibility index (Phi) is 1.77. The highest BCUT2D eigenvalue weighted by Gasteiger charge is 2.14. The van der Waals surface area contributed by atoms with Gasteiger partial charge in [-0.1, -0.05) is 0 Å². The quantitative estimate of drug-likeness (QED) is 0.600. The summed E-state index contributed by atoms with van der Waals surface area (Å²) in [4.78, 5) is 28.5. The summed E-state index contributed by atoms with van der Waals surface area (Å²) in [7, 11) is 1.25. The molecule has 0 atom stereocenters. The van der Waals surface area contributed by atoms with Gasteiger partial charge in [0.1, 0.15) is 5.56 Å². The average molecular weight is 194 g/mol. The molecule has 0 aromatic carbocycles. The predicted molar refractivity (Wildman–Crippen MR) is 44.9 cm³/mol. The van der Waals surface area contributed by atoms with E-state index >= 15 is 0 Å². The molecule has 0 spiro atoms. The Hall–Kier alpha value is -2.18. The van der Waals surface area contributed by atoms with Crippen molar-refractivity contribution in [2.45, 2.75) is 0 Å². The van der Waals surface area contributed by atoms with Crippen LogP contribution in [0, 0.1) is 0 Å². The number of nitrogens with one attached hydrogen (secondary N) is 1. The van der Waals surface area contributed by atoms with E-state index in [9.17, 15) is 9.59 Å². The van der Waals surface area contributed by atoms with Crippen molar-refractivity contribution in [3.8, 4) is 0 Å². The zero-order valence-corrected chi connectivity index (χ0v) is 7.22. The number of carbonyl (C=O) groups excluding carboxylic acids is 1. The van der Waals surface area contributed by atoms with Gasteiger partial charge in [-0.2, -0.15) is 9.61 Å². The molecule has 0 saturated heterocycles. The first-order chi connectivity index (χ1) is 6.74. The van der Waals surface area contributed by atoms with Gasteiger partial charge in [0.05, 0.1) is 19.6 Å². The zero-order valence-electron chi connectivity index (χ0n) is 7.22. The van der Waals surface area contributed by atoms with E-state index in [1.165, 1.54) is 19.6 Å². The van der Waals surface area contributed by atoms with Crippen molar-refractivity contribution in [1.29, 1.82) is 0 Å². The van der Waals surface area contributed by atoms with Crippen LogP contribution in [0.5, 0.6) is 0 Å². The van der Waals surface area contributed by atoms with E-state index in [-0.39, 0.29) is 11.2 Å². The molecule has 0 aliphatic heterocycles. The molecule has 1 N–H and O–H groups in total. The molecule has 72 valence electrons. The third kappa shape index (κ3) is 1.06. The van der Waals surface area contributed by atoms with Gasteiger partial charge in [-0.3, -0.25) is 4.98 Å². The maximum atomic E-state index is 11.2. The van der Waals surface area contributed by atoms with Gasteiger partial charge in [0, 0.05) is 0 Å². The number of carbonyl (C=O) groups is 1. The molecule has 0 amide bonds. The number of fused-ring (bicyclic) bond motifs is 1. The fourth-order valence-corrected chi connectivity index (χ4v) is 1.08. The van der Waals surface area contributed by atoms with Crippen molar-refractivity contribution < 1.29 is 9.53 Å². The zero-order chi connectivity index (χ0) is 10.1. The lowest BCUT2D eigenvalue weighted by Crippen LogP contribution is -2.17. The van der Waals surface area contributed by atoms with Crippen LogP contribution in [0.15, 0.2) is 17.3 Å². The van der Waals surface area contributed by atoms with E-state index in [1.54, 1.807) is 0 Å². The fourth-order valence-electron chi connectivity index (χ4n) is 1.08. The van der Waals surface area contributed by atoms with E-state index < -0.39 is 11.7 Å². The van der Waals surface area contributed by atoms with E-state index in [2.05, 4.69) is 19.8 Å². The highest BCUT2D eigenvalue weighted by atomic mass is 16.5. The van der Waals surface area contributed by atoms with Crippen molar-refractivity contribution in [3.05, 3.63) is 28.6 Å².